The molecule has 1 aromatic heterocycles. The number of nitrogen functional groups attached to an aromatic ring is 1. The van der Waals surface area contributed by atoms with Crippen molar-refractivity contribution < 1.29 is 9.53 Å². The van der Waals surface area contributed by atoms with Crippen LogP contribution in [0.15, 0.2) is 12.3 Å². The summed E-state index contributed by atoms with van der Waals surface area (Å²) in [5.41, 5.74) is 7.02. The SMILES string of the molecule is CCCn1cc(N)cc1C(=O)NCCOC1CCCC1. The van der Waals surface area contributed by atoms with E-state index in [9.17, 15) is 4.79 Å². The number of nitrogens with one attached hydrogen (secondary N) is 1. The second-order valence-electron chi connectivity index (χ2n) is 5.39. The lowest BCUT2D eigenvalue weighted by Crippen LogP contribution is -2.30. The molecule has 0 unspecified atom stereocenters. The summed E-state index contributed by atoms with van der Waals surface area (Å²) in [4.78, 5) is 12.1. The first kappa shape index (κ1) is 14.9. The van der Waals surface area contributed by atoms with Crippen molar-refractivity contribution >= 4 is 11.6 Å². The van der Waals surface area contributed by atoms with Gasteiger partial charge in [0.15, 0.2) is 0 Å². The number of anilines is 1. The molecule has 5 heteroatoms. The third-order valence-corrected chi connectivity index (χ3v) is 3.66. The van der Waals surface area contributed by atoms with Crippen molar-refractivity contribution in [1.29, 1.82) is 0 Å². The maximum Gasteiger partial charge on any atom is 0.268 e. The number of carbonyl (C=O) groups excluding carboxylic acids is 1. The van der Waals surface area contributed by atoms with Gasteiger partial charge in [0.25, 0.3) is 5.91 Å². The summed E-state index contributed by atoms with van der Waals surface area (Å²) in [5, 5.41) is 2.89. The first-order valence-electron chi connectivity index (χ1n) is 7.56. The van der Waals surface area contributed by atoms with E-state index in [4.69, 9.17) is 10.5 Å². The maximum atomic E-state index is 12.1. The Morgan fingerprint density at radius 2 is 2.25 bits per heavy atom. The summed E-state index contributed by atoms with van der Waals surface area (Å²) < 4.78 is 7.63. The largest absolute Gasteiger partial charge is 0.397 e. The maximum absolute atomic E-state index is 12.1. The van der Waals surface area contributed by atoms with Crippen LogP contribution in [-0.2, 0) is 11.3 Å². The van der Waals surface area contributed by atoms with Gasteiger partial charge in [-0.1, -0.05) is 19.8 Å². The molecule has 112 valence electrons. The van der Waals surface area contributed by atoms with E-state index in [-0.39, 0.29) is 5.91 Å². The lowest BCUT2D eigenvalue weighted by molar-refractivity contribution is 0.0580. The highest BCUT2D eigenvalue weighted by atomic mass is 16.5. The molecule has 0 spiro atoms. The van der Waals surface area contributed by atoms with Gasteiger partial charge in [0.1, 0.15) is 5.69 Å². The van der Waals surface area contributed by atoms with Crippen LogP contribution in [0.3, 0.4) is 0 Å². The zero-order valence-corrected chi connectivity index (χ0v) is 12.2. The van der Waals surface area contributed by atoms with Crippen molar-refractivity contribution in [2.24, 2.45) is 0 Å². The highest BCUT2D eigenvalue weighted by molar-refractivity contribution is 5.93. The van der Waals surface area contributed by atoms with Gasteiger partial charge >= 0.3 is 0 Å². The molecule has 0 aromatic carbocycles. The molecule has 0 bridgehead atoms. The van der Waals surface area contributed by atoms with Gasteiger partial charge in [0.05, 0.1) is 18.4 Å². The predicted molar refractivity (Wildman–Crippen MR) is 79.7 cm³/mol. The van der Waals surface area contributed by atoms with Gasteiger partial charge < -0.3 is 20.4 Å². The number of carbonyl (C=O) groups is 1. The van der Waals surface area contributed by atoms with Gasteiger partial charge in [0.2, 0.25) is 0 Å². The fraction of sp³-hybridized carbons (Fsp3) is 0.667. The number of nitrogens with two attached hydrogens (primary N) is 1. The quantitative estimate of drug-likeness (QED) is 0.752. The molecule has 1 aliphatic carbocycles. The molecule has 2 rings (SSSR count). The van der Waals surface area contributed by atoms with Crippen LogP contribution < -0.4 is 11.1 Å². The van der Waals surface area contributed by atoms with Crippen LogP contribution in [0.5, 0.6) is 0 Å². The zero-order valence-electron chi connectivity index (χ0n) is 12.2. The van der Waals surface area contributed by atoms with Crippen molar-refractivity contribution in [2.75, 3.05) is 18.9 Å². The molecule has 20 heavy (non-hydrogen) atoms. The number of amides is 1. The molecular weight excluding hydrogens is 254 g/mol. The van der Waals surface area contributed by atoms with Crippen LogP contribution in [-0.4, -0.2) is 29.7 Å². The summed E-state index contributed by atoms with van der Waals surface area (Å²) in [7, 11) is 0. The number of rotatable bonds is 7. The van der Waals surface area contributed by atoms with E-state index in [1.165, 1.54) is 12.8 Å². The van der Waals surface area contributed by atoms with E-state index in [1.54, 1.807) is 6.07 Å². The summed E-state index contributed by atoms with van der Waals surface area (Å²) in [5.74, 6) is -0.0785. The Labute approximate surface area is 120 Å². The van der Waals surface area contributed by atoms with Crippen molar-refractivity contribution in [3.05, 3.63) is 18.0 Å². The van der Waals surface area contributed by atoms with Gasteiger partial charge in [-0.25, -0.2) is 0 Å². The number of aromatic nitrogens is 1. The second-order valence-corrected chi connectivity index (χ2v) is 5.39. The van der Waals surface area contributed by atoms with Gasteiger partial charge in [-0.3, -0.25) is 4.79 Å². The lowest BCUT2D eigenvalue weighted by atomic mass is 10.3. The van der Waals surface area contributed by atoms with E-state index >= 15 is 0 Å². The molecule has 1 saturated carbocycles. The Bertz CT molecular complexity index is 436. The lowest BCUT2D eigenvalue weighted by Gasteiger charge is -2.12. The highest BCUT2D eigenvalue weighted by Crippen LogP contribution is 2.20. The van der Waals surface area contributed by atoms with Crippen molar-refractivity contribution in [2.45, 2.75) is 51.7 Å². The van der Waals surface area contributed by atoms with E-state index in [2.05, 4.69) is 12.2 Å². The van der Waals surface area contributed by atoms with Crippen LogP contribution in [0.1, 0.15) is 49.5 Å². The first-order valence-corrected chi connectivity index (χ1v) is 7.56. The van der Waals surface area contributed by atoms with Crippen LogP contribution in [0.4, 0.5) is 5.69 Å². The standard InChI is InChI=1S/C15H25N3O2/c1-2-8-18-11-12(16)10-14(18)15(19)17-7-9-20-13-5-3-4-6-13/h10-11,13H,2-9,16H2,1H3,(H,17,19). The topological polar surface area (TPSA) is 69.3 Å². The van der Waals surface area contributed by atoms with Crippen molar-refractivity contribution in [3.8, 4) is 0 Å². The van der Waals surface area contributed by atoms with Crippen molar-refractivity contribution in [1.82, 2.24) is 9.88 Å². The monoisotopic (exact) mass is 279 g/mol. The normalized spacial score (nSPS) is 15.7. The van der Waals surface area contributed by atoms with E-state index < -0.39 is 0 Å². The van der Waals surface area contributed by atoms with Gasteiger partial charge in [-0.2, -0.15) is 0 Å². The van der Waals surface area contributed by atoms with Gasteiger partial charge in [-0.05, 0) is 25.3 Å². The fourth-order valence-electron chi connectivity index (χ4n) is 2.69. The predicted octanol–water partition coefficient (Wildman–Crippen LogP) is 2.17. The number of hydrogen-bond acceptors (Lipinski definition) is 3. The first-order chi connectivity index (χ1) is 9.70. The summed E-state index contributed by atoms with van der Waals surface area (Å²) in [6.07, 6.45) is 8.02. The third kappa shape index (κ3) is 4.00. The van der Waals surface area contributed by atoms with E-state index in [0.717, 1.165) is 25.8 Å². The molecule has 0 aliphatic heterocycles. The Balaban J connectivity index is 1.76. The average molecular weight is 279 g/mol. The van der Waals surface area contributed by atoms with E-state index in [1.807, 2.05) is 10.8 Å². The minimum Gasteiger partial charge on any atom is -0.397 e. The minimum absolute atomic E-state index is 0.0785. The number of hydrogen-bond donors (Lipinski definition) is 2. The van der Waals surface area contributed by atoms with Crippen molar-refractivity contribution in [3.63, 3.8) is 0 Å². The molecule has 1 aromatic rings. The average Bonchev–Trinajstić information content (AvgIpc) is 3.05. The van der Waals surface area contributed by atoms with Crippen LogP contribution >= 0.6 is 0 Å². The molecule has 0 radical (unpaired) electrons. The Kier molecular flexibility index (Phi) is 5.47. The van der Waals surface area contributed by atoms with Crippen LogP contribution in [0.25, 0.3) is 0 Å². The molecule has 5 nitrogen and oxygen atoms in total. The van der Waals surface area contributed by atoms with Gasteiger partial charge in [-0.15, -0.1) is 0 Å². The van der Waals surface area contributed by atoms with Crippen LogP contribution in [0, 0.1) is 0 Å². The molecule has 1 aliphatic rings. The molecule has 3 N–H and O–H groups in total. The molecule has 1 fully saturated rings. The number of aryl methyl sites for hydroxylation is 1. The van der Waals surface area contributed by atoms with Gasteiger partial charge in [0, 0.05) is 19.3 Å². The van der Waals surface area contributed by atoms with Crippen LogP contribution in [0.2, 0.25) is 0 Å². The summed E-state index contributed by atoms with van der Waals surface area (Å²) in [6, 6.07) is 1.73. The molecule has 0 saturated heterocycles. The molecule has 1 amide bonds. The summed E-state index contributed by atoms with van der Waals surface area (Å²) in [6.45, 7) is 4.01. The molecular formula is C15H25N3O2. The highest BCUT2D eigenvalue weighted by Gasteiger charge is 2.15. The second kappa shape index (κ2) is 7.33. The van der Waals surface area contributed by atoms with E-state index in [0.29, 0.717) is 30.6 Å². The Hall–Kier alpha value is -1.49. The molecule has 1 heterocycles. The Morgan fingerprint density at radius 3 is 2.95 bits per heavy atom. The fourth-order valence-corrected chi connectivity index (χ4v) is 2.69. The Morgan fingerprint density at radius 1 is 1.50 bits per heavy atom. The smallest absolute Gasteiger partial charge is 0.268 e. The number of ether oxygens (including phenoxy) is 1. The number of nitrogens with zero attached hydrogens (tertiary/aromatic N) is 1. The summed E-state index contributed by atoms with van der Waals surface area (Å²) >= 11 is 0. The third-order valence-electron chi connectivity index (χ3n) is 3.66. The zero-order chi connectivity index (χ0) is 14.4. The molecule has 0 atom stereocenters. The minimum atomic E-state index is -0.0785.